The number of H-pyrrole nitrogens is 1. The third kappa shape index (κ3) is 3.24. The number of benzene rings is 1. The summed E-state index contributed by atoms with van der Waals surface area (Å²) >= 11 is 11.0. The largest absolute Gasteiger partial charge is 0.494 e. The van der Waals surface area contributed by atoms with Crippen LogP contribution in [0.1, 0.15) is 34.8 Å². The molecule has 124 valence electrons. The highest BCUT2D eigenvalue weighted by molar-refractivity contribution is 7.71. The normalized spacial score (nSPS) is 14.0. The molecule has 0 aliphatic heterocycles. The fourth-order valence-corrected chi connectivity index (χ4v) is 2.75. The number of hydrogen-bond donors (Lipinski definition) is 3. The Labute approximate surface area is 146 Å². The Morgan fingerprint density at radius 2 is 2.17 bits per heavy atom. The first-order chi connectivity index (χ1) is 11.5. The zero-order valence-electron chi connectivity index (χ0n) is 12.3. The number of aromatic amines is 1. The van der Waals surface area contributed by atoms with Gasteiger partial charge in [0.25, 0.3) is 11.5 Å². The van der Waals surface area contributed by atoms with E-state index in [4.69, 9.17) is 23.8 Å². The summed E-state index contributed by atoms with van der Waals surface area (Å²) < 4.78 is 1.64. The van der Waals surface area contributed by atoms with Gasteiger partial charge in [-0.2, -0.15) is 5.10 Å². The number of carbonyl (C=O) groups excluding carboxylic acids is 1. The molecule has 1 aliphatic carbocycles. The maximum Gasteiger partial charge on any atom is 0.272 e. The van der Waals surface area contributed by atoms with Gasteiger partial charge in [0.05, 0.1) is 16.8 Å². The van der Waals surface area contributed by atoms with E-state index in [1.165, 1.54) is 4.57 Å². The highest BCUT2D eigenvalue weighted by Crippen LogP contribution is 2.37. The number of hydrogen-bond acceptors (Lipinski definition) is 5. The average molecular weight is 365 g/mol. The summed E-state index contributed by atoms with van der Waals surface area (Å²) in [6.07, 6.45) is 2.85. The van der Waals surface area contributed by atoms with Crippen LogP contribution in [0, 0.1) is 4.77 Å². The minimum Gasteiger partial charge on any atom is -0.494 e. The summed E-state index contributed by atoms with van der Waals surface area (Å²) in [4.78, 5) is 26.4. The van der Waals surface area contributed by atoms with Crippen molar-refractivity contribution in [3.63, 3.8) is 0 Å². The van der Waals surface area contributed by atoms with E-state index < -0.39 is 11.5 Å². The van der Waals surface area contributed by atoms with E-state index in [-0.39, 0.29) is 32.8 Å². The van der Waals surface area contributed by atoms with Crippen molar-refractivity contribution in [1.29, 1.82) is 0 Å². The standard InChI is InChI=1S/C15H13ClN4O3S/c16-11-4-2-1-3-9(11)13(22)19-17-7-10-12(21)18-15(24)20(14(10)23)8-5-6-8/h1-4,7-8,23H,5-6H2,(H,19,22)(H,18,21,24). The molecule has 1 fully saturated rings. The smallest absolute Gasteiger partial charge is 0.272 e. The number of amides is 1. The predicted molar refractivity (Wildman–Crippen MR) is 92.3 cm³/mol. The molecule has 2 aromatic rings. The summed E-state index contributed by atoms with van der Waals surface area (Å²) in [5.74, 6) is -0.787. The molecule has 9 heteroatoms. The molecule has 0 spiro atoms. The van der Waals surface area contributed by atoms with Crippen molar-refractivity contribution >= 4 is 35.9 Å². The molecular weight excluding hydrogens is 352 g/mol. The van der Waals surface area contributed by atoms with E-state index in [2.05, 4.69) is 15.5 Å². The van der Waals surface area contributed by atoms with E-state index in [0.29, 0.717) is 0 Å². The van der Waals surface area contributed by atoms with Gasteiger partial charge in [-0.1, -0.05) is 23.7 Å². The van der Waals surface area contributed by atoms with Crippen LogP contribution >= 0.6 is 23.8 Å². The summed E-state index contributed by atoms with van der Waals surface area (Å²) in [5, 5.41) is 14.2. The maximum absolute atomic E-state index is 12.0. The second kappa shape index (κ2) is 6.58. The van der Waals surface area contributed by atoms with E-state index in [1.807, 2.05) is 0 Å². The average Bonchev–Trinajstić information content (AvgIpc) is 3.35. The molecule has 3 N–H and O–H groups in total. The molecule has 3 rings (SSSR count). The van der Waals surface area contributed by atoms with Gasteiger partial charge in [0, 0.05) is 6.04 Å². The second-order valence-electron chi connectivity index (χ2n) is 5.28. The lowest BCUT2D eigenvalue weighted by Crippen LogP contribution is -2.21. The van der Waals surface area contributed by atoms with Gasteiger partial charge >= 0.3 is 0 Å². The van der Waals surface area contributed by atoms with Crippen molar-refractivity contribution in [2.24, 2.45) is 5.10 Å². The SMILES string of the molecule is O=C(NN=Cc1c(O)n(C2CC2)c(=S)[nH]c1=O)c1ccccc1Cl. The summed E-state index contributed by atoms with van der Waals surface area (Å²) in [5.41, 5.74) is 1.87. The third-order valence-electron chi connectivity index (χ3n) is 3.54. The van der Waals surface area contributed by atoms with Crippen molar-refractivity contribution in [1.82, 2.24) is 15.0 Å². The number of aromatic nitrogens is 2. The van der Waals surface area contributed by atoms with Crippen LogP contribution in [0.4, 0.5) is 0 Å². The Balaban J connectivity index is 1.84. The monoisotopic (exact) mass is 364 g/mol. The maximum atomic E-state index is 12.0. The Hall–Kier alpha value is -2.45. The van der Waals surface area contributed by atoms with Crippen LogP contribution in [-0.2, 0) is 0 Å². The minimum absolute atomic E-state index is 0.0741. The summed E-state index contributed by atoms with van der Waals surface area (Å²) in [6.45, 7) is 0. The molecule has 24 heavy (non-hydrogen) atoms. The van der Waals surface area contributed by atoms with Crippen LogP contribution in [0.3, 0.4) is 0 Å². The first kappa shape index (κ1) is 16.4. The first-order valence-corrected chi connectivity index (χ1v) is 7.93. The number of halogens is 1. The molecule has 0 radical (unpaired) electrons. The van der Waals surface area contributed by atoms with Gasteiger partial charge < -0.3 is 5.11 Å². The molecule has 1 amide bonds. The van der Waals surface area contributed by atoms with Crippen LogP contribution < -0.4 is 11.0 Å². The van der Waals surface area contributed by atoms with Gasteiger partial charge in [-0.15, -0.1) is 0 Å². The lowest BCUT2D eigenvalue weighted by Gasteiger charge is -2.09. The molecule has 0 saturated heterocycles. The zero-order valence-corrected chi connectivity index (χ0v) is 13.9. The first-order valence-electron chi connectivity index (χ1n) is 7.14. The lowest BCUT2D eigenvalue weighted by atomic mass is 10.2. The molecule has 1 saturated carbocycles. The van der Waals surface area contributed by atoms with Crippen LogP contribution in [0.5, 0.6) is 5.88 Å². The predicted octanol–water partition coefficient (Wildman–Crippen LogP) is 2.36. The summed E-state index contributed by atoms with van der Waals surface area (Å²) in [6, 6.07) is 6.58. The van der Waals surface area contributed by atoms with Crippen LogP contribution in [-0.4, -0.2) is 26.8 Å². The van der Waals surface area contributed by atoms with E-state index in [1.54, 1.807) is 24.3 Å². The number of rotatable bonds is 4. The Morgan fingerprint density at radius 3 is 2.83 bits per heavy atom. The summed E-state index contributed by atoms with van der Waals surface area (Å²) in [7, 11) is 0. The number of aromatic hydroxyl groups is 1. The van der Waals surface area contributed by atoms with Gasteiger partial charge in [0.15, 0.2) is 4.77 Å². The van der Waals surface area contributed by atoms with Crippen molar-refractivity contribution in [3.05, 3.63) is 55.5 Å². The second-order valence-corrected chi connectivity index (χ2v) is 6.07. The molecule has 1 aromatic carbocycles. The Kier molecular flexibility index (Phi) is 4.50. The number of nitrogens with one attached hydrogen (secondary N) is 2. The van der Waals surface area contributed by atoms with Gasteiger partial charge in [-0.3, -0.25) is 19.1 Å². The van der Waals surface area contributed by atoms with E-state index >= 15 is 0 Å². The van der Waals surface area contributed by atoms with Crippen molar-refractivity contribution in [2.45, 2.75) is 18.9 Å². The molecule has 1 aromatic heterocycles. The molecule has 0 bridgehead atoms. The number of nitrogens with zero attached hydrogens (tertiary/aromatic N) is 2. The number of carbonyl (C=O) groups is 1. The zero-order chi connectivity index (χ0) is 17.3. The third-order valence-corrected chi connectivity index (χ3v) is 4.17. The fourth-order valence-electron chi connectivity index (χ4n) is 2.20. The molecule has 0 unspecified atom stereocenters. The van der Waals surface area contributed by atoms with Crippen molar-refractivity contribution in [2.75, 3.05) is 0 Å². The van der Waals surface area contributed by atoms with E-state index in [0.717, 1.165) is 19.1 Å². The van der Waals surface area contributed by atoms with Crippen molar-refractivity contribution < 1.29 is 9.90 Å². The molecule has 0 atom stereocenters. The lowest BCUT2D eigenvalue weighted by molar-refractivity contribution is 0.0955. The van der Waals surface area contributed by atoms with Gasteiger partial charge in [0.2, 0.25) is 5.88 Å². The highest BCUT2D eigenvalue weighted by atomic mass is 35.5. The van der Waals surface area contributed by atoms with Crippen LogP contribution in [0.2, 0.25) is 5.02 Å². The van der Waals surface area contributed by atoms with Crippen LogP contribution in [0.15, 0.2) is 34.2 Å². The van der Waals surface area contributed by atoms with Gasteiger partial charge in [-0.25, -0.2) is 5.43 Å². The van der Waals surface area contributed by atoms with E-state index in [9.17, 15) is 14.7 Å². The minimum atomic E-state index is -0.579. The van der Waals surface area contributed by atoms with Crippen molar-refractivity contribution in [3.8, 4) is 5.88 Å². The number of hydrazone groups is 1. The van der Waals surface area contributed by atoms with Gasteiger partial charge in [-0.05, 0) is 37.2 Å². The molecule has 1 aliphatic rings. The Bertz CT molecular complexity index is 946. The molecular formula is C15H13ClN4O3S. The quantitative estimate of drug-likeness (QED) is 0.440. The topological polar surface area (TPSA) is 99.5 Å². The molecule has 1 heterocycles. The fraction of sp³-hybridized carbons (Fsp3) is 0.200. The van der Waals surface area contributed by atoms with Gasteiger partial charge in [0.1, 0.15) is 5.56 Å². The molecule has 7 nitrogen and oxygen atoms in total. The highest BCUT2D eigenvalue weighted by Gasteiger charge is 2.27. The van der Waals surface area contributed by atoms with Crippen LogP contribution in [0.25, 0.3) is 0 Å². The Morgan fingerprint density at radius 1 is 1.46 bits per heavy atom.